The maximum atomic E-state index is 4.52. The van der Waals surface area contributed by atoms with Gasteiger partial charge in [0.2, 0.25) is 5.95 Å². The van der Waals surface area contributed by atoms with Crippen LogP contribution in [0.3, 0.4) is 0 Å². The van der Waals surface area contributed by atoms with Crippen LogP contribution in [-0.2, 0) is 0 Å². The number of anilines is 1. The van der Waals surface area contributed by atoms with Crippen LogP contribution in [0, 0.1) is 13.8 Å². The van der Waals surface area contributed by atoms with Crippen LogP contribution in [0.15, 0.2) is 15.4 Å². The fourth-order valence-corrected chi connectivity index (χ4v) is 4.38. The van der Waals surface area contributed by atoms with E-state index in [-0.39, 0.29) is 0 Å². The standard InChI is InChI=1S/C11H11N5S3/c1-5-4-7-8(17-5)13-10(12-3)14-9(7)19-11-16-15-6(2)18-11/h4H,1-3H3,(H,12,13,14). The van der Waals surface area contributed by atoms with Gasteiger partial charge in [0.05, 0.1) is 0 Å². The van der Waals surface area contributed by atoms with Crippen molar-refractivity contribution in [3.8, 4) is 0 Å². The summed E-state index contributed by atoms with van der Waals surface area (Å²) in [5.41, 5.74) is 0. The number of hydrogen-bond acceptors (Lipinski definition) is 8. The van der Waals surface area contributed by atoms with E-state index in [0.717, 1.165) is 24.6 Å². The SMILES string of the molecule is CNc1nc(Sc2nnc(C)s2)c2cc(C)sc2n1. The van der Waals surface area contributed by atoms with Gasteiger partial charge in [0, 0.05) is 17.3 Å². The van der Waals surface area contributed by atoms with E-state index < -0.39 is 0 Å². The minimum Gasteiger partial charge on any atom is -0.357 e. The van der Waals surface area contributed by atoms with Crippen LogP contribution in [-0.4, -0.2) is 27.2 Å². The zero-order chi connectivity index (χ0) is 13.4. The Kier molecular flexibility index (Phi) is 3.38. The predicted octanol–water partition coefficient (Wildman–Crippen LogP) is 3.35. The molecule has 0 aliphatic rings. The van der Waals surface area contributed by atoms with E-state index in [9.17, 15) is 0 Å². The molecule has 3 rings (SSSR count). The lowest BCUT2D eigenvalue weighted by Gasteiger charge is -2.02. The number of hydrogen-bond donors (Lipinski definition) is 1. The summed E-state index contributed by atoms with van der Waals surface area (Å²) < 4.78 is 0.906. The molecule has 0 bridgehead atoms. The molecular weight excluding hydrogens is 298 g/mol. The summed E-state index contributed by atoms with van der Waals surface area (Å²) in [6, 6.07) is 2.12. The number of rotatable bonds is 3. The van der Waals surface area contributed by atoms with Crippen molar-refractivity contribution in [3.63, 3.8) is 0 Å². The Labute approximate surface area is 122 Å². The molecule has 0 spiro atoms. The quantitative estimate of drug-likeness (QED) is 0.749. The van der Waals surface area contributed by atoms with Crippen molar-refractivity contribution >= 4 is 50.6 Å². The second kappa shape index (κ2) is 5.03. The monoisotopic (exact) mass is 309 g/mol. The zero-order valence-corrected chi connectivity index (χ0v) is 13.0. The smallest absolute Gasteiger partial charge is 0.224 e. The maximum absolute atomic E-state index is 4.52. The first-order valence-electron chi connectivity index (χ1n) is 5.59. The lowest BCUT2D eigenvalue weighted by Crippen LogP contribution is -1.96. The van der Waals surface area contributed by atoms with Gasteiger partial charge in [-0.15, -0.1) is 21.5 Å². The molecule has 98 valence electrons. The van der Waals surface area contributed by atoms with Gasteiger partial charge in [-0.2, -0.15) is 0 Å². The van der Waals surface area contributed by atoms with Crippen LogP contribution in [0.4, 0.5) is 5.95 Å². The van der Waals surface area contributed by atoms with Gasteiger partial charge >= 0.3 is 0 Å². The molecule has 0 aliphatic carbocycles. The highest BCUT2D eigenvalue weighted by atomic mass is 32.2. The van der Waals surface area contributed by atoms with Crippen LogP contribution in [0.25, 0.3) is 10.2 Å². The van der Waals surface area contributed by atoms with E-state index in [1.54, 1.807) is 34.4 Å². The Morgan fingerprint density at radius 3 is 2.68 bits per heavy atom. The molecule has 3 aromatic rings. The van der Waals surface area contributed by atoms with Crippen molar-refractivity contribution < 1.29 is 0 Å². The molecule has 0 aliphatic heterocycles. The summed E-state index contributed by atoms with van der Waals surface area (Å²) in [4.78, 5) is 11.2. The minimum absolute atomic E-state index is 0.637. The highest BCUT2D eigenvalue weighted by molar-refractivity contribution is 8.01. The van der Waals surface area contributed by atoms with Gasteiger partial charge in [0.15, 0.2) is 4.34 Å². The van der Waals surface area contributed by atoms with Gasteiger partial charge in [-0.05, 0) is 31.7 Å². The van der Waals surface area contributed by atoms with Gasteiger partial charge in [-0.1, -0.05) is 11.3 Å². The average molecular weight is 309 g/mol. The van der Waals surface area contributed by atoms with Gasteiger partial charge in [0.25, 0.3) is 0 Å². The number of nitrogens with zero attached hydrogens (tertiary/aromatic N) is 4. The first-order chi connectivity index (χ1) is 9.15. The summed E-state index contributed by atoms with van der Waals surface area (Å²) >= 11 is 4.79. The Morgan fingerprint density at radius 2 is 2.00 bits per heavy atom. The molecule has 0 aromatic carbocycles. The first kappa shape index (κ1) is 12.8. The number of nitrogens with one attached hydrogen (secondary N) is 1. The Morgan fingerprint density at radius 1 is 1.16 bits per heavy atom. The molecular formula is C11H11N5S3. The third-order valence-electron chi connectivity index (χ3n) is 2.40. The second-order valence-electron chi connectivity index (χ2n) is 3.87. The highest BCUT2D eigenvalue weighted by Gasteiger charge is 2.13. The number of thiophene rings is 1. The van der Waals surface area contributed by atoms with Crippen molar-refractivity contribution in [1.29, 1.82) is 0 Å². The topological polar surface area (TPSA) is 63.6 Å². The molecule has 3 heterocycles. The predicted molar refractivity (Wildman–Crippen MR) is 80.5 cm³/mol. The fraction of sp³-hybridized carbons (Fsp3) is 0.273. The van der Waals surface area contributed by atoms with Crippen LogP contribution < -0.4 is 5.32 Å². The number of aryl methyl sites for hydroxylation is 2. The summed E-state index contributed by atoms with van der Waals surface area (Å²) in [5.74, 6) is 0.637. The summed E-state index contributed by atoms with van der Waals surface area (Å²) in [6.45, 7) is 4.03. The van der Waals surface area contributed by atoms with Crippen molar-refractivity contribution in [2.45, 2.75) is 23.2 Å². The molecule has 0 saturated heterocycles. The molecule has 1 N–H and O–H groups in total. The molecule has 0 amide bonds. The lowest BCUT2D eigenvalue weighted by atomic mass is 10.4. The van der Waals surface area contributed by atoms with Crippen LogP contribution in [0.5, 0.6) is 0 Å². The highest BCUT2D eigenvalue weighted by Crippen LogP contribution is 2.36. The third-order valence-corrected chi connectivity index (χ3v) is 5.23. The van der Waals surface area contributed by atoms with Gasteiger partial charge in [0.1, 0.15) is 14.9 Å². The third kappa shape index (κ3) is 2.56. The minimum atomic E-state index is 0.637. The Balaban J connectivity index is 2.09. The fourth-order valence-electron chi connectivity index (χ4n) is 1.61. The molecule has 0 unspecified atom stereocenters. The normalized spacial score (nSPS) is 11.1. The maximum Gasteiger partial charge on any atom is 0.224 e. The zero-order valence-electron chi connectivity index (χ0n) is 10.6. The van der Waals surface area contributed by atoms with Crippen LogP contribution in [0.1, 0.15) is 9.88 Å². The second-order valence-corrected chi connectivity index (χ2v) is 7.52. The van der Waals surface area contributed by atoms with E-state index in [2.05, 4.69) is 38.5 Å². The first-order valence-corrected chi connectivity index (χ1v) is 8.04. The van der Waals surface area contributed by atoms with Gasteiger partial charge in [-0.25, -0.2) is 9.97 Å². The largest absolute Gasteiger partial charge is 0.357 e. The Hall–Kier alpha value is -1.25. The van der Waals surface area contributed by atoms with Crippen LogP contribution >= 0.6 is 34.4 Å². The lowest BCUT2D eigenvalue weighted by molar-refractivity contribution is 0.981. The van der Waals surface area contributed by atoms with Crippen molar-refractivity contribution in [3.05, 3.63) is 16.0 Å². The molecule has 0 saturated carbocycles. The van der Waals surface area contributed by atoms with Crippen molar-refractivity contribution in [1.82, 2.24) is 20.2 Å². The number of fused-ring (bicyclic) bond motifs is 1. The molecule has 3 aromatic heterocycles. The van der Waals surface area contributed by atoms with E-state index in [0.29, 0.717) is 5.95 Å². The summed E-state index contributed by atoms with van der Waals surface area (Å²) in [5, 5.41) is 14.1. The van der Waals surface area contributed by atoms with Crippen molar-refractivity contribution in [2.75, 3.05) is 12.4 Å². The summed E-state index contributed by atoms with van der Waals surface area (Å²) in [7, 11) is 1.82. The number of aromatic nitrogens is 4. The average Bonchev–Trinajstić information content (AvgIpc) is 2.94. The van der Waals surface area contributed by atoms with Gasteiger partial charge in [-0.3, -0.25) is 0 Å². The van der Waals surface area contributed by atoms with E-state index in [1.165, 1.54) is 4.88 Å². The molecule has 8 heteroatoms. The Bertz CT molecular complexity index is 733. The molecule has 19 heavy (non-hydrogen) atoms. The molecule has 0 atom stereocenters. The van der Waals surface area contributed by atoms with Crippen LogP contribution in [0.2, 0.25) is 0 Å². The summed E-state index contributed by atoms with van der Waals surface area (Å²) in [6.07, 6.45) is 0. The molecule has 0 fully saturated rings. The van der Waals surface area contributed by atoms with E-state index >= 15 is 0 Å². The molecule has 0 radical (unpaired) electrons. The van der Waals surface area contributed by atoms with E-state index in [4.69, 9.17) is 0 Å². The molecule has 5 nitrogen and oxygen atoms in total. The van der Waals surface area contributed by atoms with E-state index in [1.807, 2.05) is 14.0 Å². The van der Waals surface area contributed by atoms with Crippen molar-refractivity contribution in [2.24, 2.45) is 0 Å². The van der Waals surface area contributed by atoms with Gasteiger partial charge < -0.3 is 5.32 Å².